The Labute approximate surface area is 126 Å². The van der Waals surface area contributed by atoms with Crippen molar-refractivity contribution in [2.24, 2.45) is 5.84 Å². The molecule has 3 N–H and O–H groups in total. The van der Waals surface area contributed by atoms with Crippen LogP contribution in [0.4, 0.5) is 4.39 Å². The SMILES string of the molecule is CC(C)c1nnsc1C(Cc1ccc(Cl)c(F)c1)NN. The second-order valence-electron chi connectivity index (χ2n) is 4.85. The van der Waals surface area contributed by atoms with Gasteiger partial charge in [0.1, 0.15) is 5.82 Å². The van der Waals surface area contributed by atoms with Gasteiger partial charge >= 0.3 is 0 Å². The molecule has 7 heteroatoms. The molecule has 0 radical (unpaired) electrons. The van der Waals surface area contributed by atoms with Gasteiger partial charge in [0.25, 0.3) is 0 Å². The number of aromatic nitrogens is 2. The van der Waals surface area contributed by atoms with Gasteiger partial charge < -0.3 is 0 Å². The minimum atomic E-state index is -0.425. The van der Waals surface area contributed by atoms with Gasteiger partial charge in [0.15, 0.2) is 0 Å². The average Bonchev–Trinajstić information content (AvgIpc) is 2.89. The van der Waals surface area contributed by atoms with Crippen LogP contribution in [-0.4, -0.2) is 9.59 Å². The summed E-state index contributed by atoms with van der Waals surface area (Å²) in [5.41, 5.74) is 4.50. The lowest BCUT2D eigenvalue weighted by molar-refractivity contribution is 0.548. The van der Waals surface area contributed by atoms with E-state index in [1.807, 2.05) is 0 Å². The Hall–Kier alpha value is -1.08. The molecule has 0 saturated carbocycles. The lowest BCUT2D eigenvalue weighted by Gasteiger charge is -2.16. The number of nitrogens with zero attached hydrogens (tertiary/aromatic N) is 2. The van der Waals surface area contributed by atoms with E-state index in [1.165, 1.54) is 17.6 Å². The zero-order chi connectivity index (χ0) is 14.7. The summed E-state index contributed by atoms with van der Waals surface area (Å²) in [5.74, 6) is 5.47. The fourth-order valence-corrected chi connectivity index (χ4v) is 2.96. The van der Waals surface area contributed by atoms with Gasteiger partial charge in [-0.3, -0.25) is 11.3 Å². The van der Waals surface area contributed by atoms with E-state index < -0.39 is 5.82 Å². The molecule has 0 fully saturated rings. The summed E-state index contributed by atoms with van der Waals surface area (Å²) in [6, 6.07) is 4.62. The normalized spacial score (nSPS) is 12.9. The van der Waals surface area contributed by atoms with Crippen LogP contribution in [0, 0.1) is 5.82 Å². The highest BCUT2D eigenvalue weighted by molar-refractivity contribution is 7.05. The predicted octanol–water partition coefficient (Wildman–Crippen LogP) is 3.20. The first kappa shape index (κ1) is 15.3. The number of halogens is 2. The second-order valence-corrected chi connectivity index (χ2v) is 6.04. The molecule has 0 amide bonds. The minimum Gasteiger partial charge on any atom is -0.271 e. The molecule has 2 aromatic rings. The number of hydrogen-bond acceptors (Lipinski definition) is 5. The van der Waals surface area contributed by atoms with Gasteiger partial charge in [-0.2, -0.15) is 0 Å². The monoisotopic (exact) mass is 314 g/mol. The molecule has 0 spiro atoms. The first-order chi connectivity index (χ1) is 9.52. The van der Waals surface area contributed by atoms with Crippen molar-refractivity contribution in [3.05, 3.63) is 45.2 Å². The molecule has 1 unspecified atom stereocenters. The highest BCUT2D eigenvalue weighted by atomic mass is 35.5. The molecular formula is C13H16ClFN4S. The van der Waals surface area contributed by atoms with Crippen molar-refractivity contribution in [2.75, 3.05) is 0 Å². The van der Waals surface area contributed by atoms with E-state index in [9.17, 15) is 4.39 Å². The smallest absolute Gasteiger partial charge is 0.142 e. The Morgan fingerprint density at radius 3 is 2.80 bits per heavy atom. The van der Waals surface area contributed by atoms with Gasteiger partial charge in [-0.1, -0.05) is 36.0 Å². The van der Waals surface area contributed by atoms with E-state index in [-0.39, 0.29) is 17.0 Å². The Morgan fingerprint density at radius 2 is 2.20 bits per heavy atom. The van der Waals surface area contributed by atoms with Crippen LogP contribution < -0.4 is 11.3 Å². The fourth-order valence-electron chi connectivity index (χ4n) is 1.98. The lowest BCUT2D eigenvalue weighted by atomic mass is 10.0. The number of benzene rings is 1. The van der Waals surface area contributed by atoms with Gasteiger partial charge in [0.05, 0.1) is 21.6 Å². The summed E-state index contributed by atoms with van der Waals surface area (Å²) in [6.07, 6.45) is 0.550. The fraction of sp³-hybridized carbons (Fsp3) is 0.385. The van der Waals surface area contributed by atoms with Gasteiger partial charge in [-0.15, -0.1) is 5.10 Å². The van der Waals surface area contributed by atoms with Crippen molar-refractivity contribution in [1.29, 1.82) is 0 Å². The van der Waals surface area contributed by atoms with Crippen molar-refractivity contribution >= 4 is 23.1 Å². The van der Waals surface area contributed by atoms with E-state index in [2.05, 4.69) is 28.9 Å². The molecule has 1 heterocycles. The van der Waals surface area contributed by atoms with E-state index in [0.29, 0.717) is 6.42 Å². The molecule has 0 aliphatic carbocycles. The highest BCUT2D eigenvalue weighted by Crippen LogP contribution is 2.28. The third-order valence-corrected chi connectivity index (χ3v) is 4.19. The number of hydrogen-bond donors (Lipinski definition) is 2. The van der Waals surface area contributed by atoms with E-state index in [1.54, 1.807) is 12.1 Å². The Morgan fingerprint density at radius 1 is 1.45 bits per heavy atom. The minimum absolute atomic E-state index is 0.119. The molecular weight excluding hydrogens is 299 g/mol. The summed E-state index contributed by atoms with van der Waals surface area (Å²) in [7, 11) is 0. The Kier molecular flexibility index (Phi) is 5.04. The van der Waals surface area contributed by atoms with E-state index in [0.717, 1.165) is 16.1 Å². The van der Waals surface area contributed by atoms with Crippen molar-refractivity contribution in [3.63, 3.8) is 0 Å². The topological polar surface area (TPSA) is 63.8 Å². The molecule has 1 aromatic carbocycles. The zero-order valence-corrected chi connectivity index (χ0v) is 12.8. The lowest BCUT2D eigenvalue weighted by Crippen LogP contribution is -2.29. The van der Waals surface area contributed by atoms with Crippen LogP contribution in [0.25, 0.3) is 0 Å². The Bertz CT molecular complexity index is 588. The molecule has 4 nitrogen and oxygen atoms in total. The molecule has 20 heavy (non-hydrogen) atoms. The largest absolute Gasteiger partial charge is 0.271 e. The Balaban J connectivity index is 2.24. The third-order valence-electron chi connectivity index (χ3n) is 3.03. The number of hydrazine groups is 1. The molecule has 108 valence electrons. The zero-order valence-electron chi connectivity index (χ0n) is 11.2. The highest BCUT2D eigenvalue weighted by Gasteiger charge is 2.21. The predicted molar refractivity (Wildman–Crippen MR) is 79.2 cm³/mol. The maximum Gasteiger partial charge on any atom is 0.142 e. The second kappa shape index (κ2) is 6.58. The molecule has 0 saturated heterocycles. The first-order valence-corrected chi connectivity index (χ1v) is 7.40. The van der Waals surface area contributed by atoms with Gasteiger partial charge in [0, 0.05) is 0 Å². The van der Waals surface area contributed by atoms with Crippen LogP contribution in [0.5, 0.6) is 0 Å². The van der Waals surface area contributed by atoms with Gasteiger partial charge in [0.2, 0.25) is 0 Å². The van der Waals surface area contributed by atoms with Crippen molar-refractivity contribution in [2.45, 2.75) is 32.2 Å². The summed E-state index contributed by atoms with van der Waals surface area (Å²) >= 11 is 7.00. The van der Waals surface area contributed by atoms with E-state index in [4.69, 9.17) is 17.4 Å². The maximum atomic E-state index is 13.5. The summed E-state index contributed by atoms with van der Waals surface area (Å²) in [6.45, 7) is 4.10. The van der Waals surface area contributed by atoms with E-state index >= 15 is 0 Å². The molecule has 0 aliphatic rings. The summed E-state index contributed by atoms with van der Waals surface area (Å²) in [4.78, 5) is 0.984. The van der Waals surface area contributed by atoms with Crippen LogP contribution in [0.1, 0.15) is 41.9 Å². The summed E-state index contributed by atoms with van der Waals surface area (Å²) in [5, 5.41) is 4.25. The quantitative estimate of drug-likeness (QED) is 0.657. The van der Waals surface area contributed by atoms with Crippen LogP contribution in [0.3, 0.4) is 0 Å². The summed E-state index contributed by atoms with van der Waals surface area (Å²) < 4.78 is 17.5. The van der Waals surface area contributed by atoms with Crippen LogP contribution in [0.2, 0.25) is 5.02 Å². The molecule has 2 rings (SSSR count). The molecule has 1 atom stereocenters. The maximum absolute atomic E-state index is 13.5. The molecule has 1 aromatic heterocycles. The van der Waals surface area contributed by atoms with Crippen molar-refractivity contribution in [1.82, 2.24) is 15.0 Å². The number of nitrogens with one attached hydrogen (secondary N) is 1. The number of rotatable bonds is 5. The van der Waals surface area contributed by atoms with Crippen molar-refractivity contribution in [3.8, 4) is 0 Å². The molecule has 0 aliphatic heterocycles. The van der Waals surface area contributed by atoms with Crippen LogP contribution in [0.15, 0.2) is 18.2 Å². The number of nitrogens with two attached hydrogens (primary N) is 1. The van der Waals surface area contributed by atoms with Gasteiger partial charge in [-0.25, -0.2) is 4.39 Å². The standard InChI is InChI=1S/C13H16ClFN4S/c1-7(2)12-13(20-19-18-12)11(17-16)6-8-3-4-9(14)10(15)5-8/h3-5,7,11,17H,6,16H2,1-2H3. The van der Waals surface area contributed by atoms with Crippen molar-refractivity contribution < 1.29 is 4.39 Å². The van der Waals surface area contributed by atoms with Crippen LogP contribution in [-0.2, 0) is 6.42 Å². The average molecular weight is 315 g/mol. The van der Waals surface area contributed by atoms with Gasteiger partial charge in [-0.05, 0) is 41.6 Å². The first-order valence-electron chi connectivity index (χ1n) is 6.25. The third kappa shape index (κ3) is 3.32. The van der Waals surface area contributed by atoms with Crippen LogP contribution >= 0.6 is 23.1 Å². The molecule has 0 bridgehead atoms.